The number of quaternary nitrogens is 6. The second-order valence-electron chi connectivity index (χ2n) is 7.35. The summed E-state index contributed by atoms with van der Waals surface area (Å²) < 4.78 is 0. The Bertz CT molecular complexity index is 501. The molecule has 0 heterocycles. The molecule has 0 aliphatic heterocycles. The molecule has 2 aromatic carbocycles. The molecule has 0 saturated heterocycles. The molecule has 0 fully saturated rings. The molecule has 0 amide bonds. The minimum Gasteiger partial charge on any atom is -0.358 e. The maximum absolute atomic E-state index is 3.74. The van der Waals surface area contributed by atoms with Crippen molar-refractivity contribution in [3.63, 3.8) is 0 Å². The number of rotatable bonds is 13. The van der Waals surface area contributed by atoms with Crippen molar-refractivity contribution < 1.29 is 33.2 Å². The Morgan fingerprint density at radius 2 is 1.00 bits per heavy atom. The lowest BCUT2D eigenvalue weighted by atomic mass is 10.2. The van der Waals surface area contributed by atoms with Gasteiger partial charge in [-0.25, -0.2) is 0 Å². The molecule has 0 radical (unpaired) electrons. The molecule has 170 valence electrons. The Kier molecular flexibility index (Phi) is 22.1. The Hall–Kier alpha value is -1.80. The van der Waals surface area contributed by atoms with E-state index in [-0.39, 0.29) is 0 Å². The van der Waals surface area contributed by atoms with E-state index in [0.717, 1.165) is 39.3 Å². The quantitative estimate of drug-likeness (QED) is 0.179. The highest BCUT2D eigenvalue weighted by atomic mass is 14.9. The Morgan fingerprint density at radius 1 is 0.567 bits per heavy atom. The first-order chi connectivity index (χ1) is 14.8. The third-order valence-corrected chi connectivity index (χ3v) is 4.51. The molecule has 6 heteroatoms. The number of hydrogen-bond donors (Lipinski definition) is 6. The van der Waals surface area contributed by atoms with E-state index in [4.69, 9.17) is 0 Å². The summed E-state index contributed by atoms with van der Waals surface area (Å²) in [5.74, 6) is 0. The molecular formula is C24H50N6+6. The second kappa shape index (κ2) is 23.5. The smallest absolute Gasteiger partial charge is 0.125 e. The Balaban J connectivity index is 0.000000581. The molecule has 0 unspecified atom stereocenters. The summed E-state index contributed by atoms with van der Waals surface area (Å²) >= 11 is 0. The topological polar surface area (TPSA) is 133 Å². The lowest BCUT2D eigenvalue weighted by molar-refractivity contribution is -0.738. The van der Waals surface area contributed by atoms with Crippen LogP contribution < -0.4 is 33.2 Å². The van der Waals surface area contributed by atoms with Crippen LogP contribution in [0.15, 0.2) is 60.7 Å². The van der Waals surface area contributed by atoms with Crippen LogP contribution in [0.2, 0.25) is 0 Å². The lowest BCUT2D eigenvalue weighted by Gasteiger charge is -2.02. The van der Waals surface area contributed by atoms with Crippen molar-refractivity contribution in [2.75, 3.05) is 46.3 Å². The minimum atomic E-state index is 1.04. The van der Waals surface area contributed by atoms with Crippen LogP contribution in [0.4, 0.5) is 0 Å². The first-order valence-corrected chi connectivity index (χ1v) is 11.6. The van der Waals surface area contributed by atoms with Crippen molar-refractivity contribution in [1.82, 2.24) is 0 Å². The SMILES string of the molecule is C[NH2+]CC[NH3+].[NH3+]CCCCC[NH3+].c1ccc(C[NH2+]CC[NH2+]Cc2ccccc2)cc1. The van der Waals surface area contributed by atoms with E-state index in [1.54, 1.807) is 0 Å². The maximum atomic E-state index is 3.74. The fourth-order valence-electron chi connectivity index (χ4n) is 2.74. The number of benzene rings is 2. The van der Waals surface area contributed by atoms with Gasteiger partial charge >= 0.3 is 0 Å². The summed E-state index contributed by atoms with van der Waals surface area (Å²) in [5.41, 5.74) is 13.9. The van der Waals surface area contributed by atoms with Crippen LogP contribution >= 0.6 is 0 Å². The summed E-state index contributed by atoms with van der Waals surface area (Å²) in [6, 6.07) is 21.3. The maximum Gasteiger partial charge on any atom is 0.125 e. The summed E-state index contributed by atoms with van der Waals surface area (Å²) in [6.07, 6.45) is 3.86. The van der Waals surface area contributed by atoms with Crippen molar-refractivity contribution >= 4 is 0 Å². The molecule has 0 bridgehead atoms. The highest BCUT2D eigenvalue weighted by Gasteiger charge is 1.97. The van der Waals surface area contributed by atoms with Gasteiger partial charge in [-0.15, -0.1) is 0 Å². The van der Waals surface area contributed by atoms with Crippen LogP contribution in [-0.4, -0.2) is 46.3 Å². The molecule has 0 spiro atoms. The van der Waals surface area contributed by atoms with Gasteiger partial charge in [0.2, 0.25) is 0 Å². The van der Waals surface area contributed by atoms with Gasteiger partial charge in [-0.2, -0.15) is 0 Å². The zero-order valence-electron chi connectivity index (χ0n) is 19.4. The number of unbranched alkanes of at least 4 members (excludes halogenated alkanes) is 2. The van der Waals surface area contributed by atoms with Gasteiger partial charge in [0.05, 0.1) is 20.1 Å². The largest absolute Gasteiger partial charge is 0.358 e. The van der Waals surface area contributed by atoms with Crippen LogP contribution in [-0.2, 0) is 13.1 Å². The van der Waals surface area contributed by atoms with Gasteiger partial charge in [-0.3, -0.25) is 0 Å². The van der Waals surface area contributed by atoms with E-state index in [9.17, 15) is 0 Å². The fraction of sp³-hybridized carbons (Fsp3) is 0.500. The zero-order valence-corrected chi connectivity index (χ0v) is 19.4. The van der Waals surface area contributed by atoms with Crippen molar-refractivity contribution in [1.29, 1.82) is 0 Å². The average Bonchev–Trinajstić information content (AvgIpc) is 2.79. The van der Waals surface area contributed by atoms with Crippen molar-refractivity contribution in [3.8, 4) is 0 Å². The van der Waals surface area contributed by atoms with Gasteiger partial charge in [0, 0.05) is 11.1 Å². The van der Waals surface area contributed by atoms with Crippen LogP contribution in [0.25, 0.3) is 0 Å². The standard InChI is InChI=1S/C16H20N2.C5H14N2.C3H10N2/c1-3-7-15(8-4-1)13-17-11-12-18-14-16-9-5-2-6-10-16;6-4-2-1-3-5-7;1-5-3-2-4/h1-10,17-18H,11-14H2;1-7H2;5H,2-4H2,1H3/p+6. The molecule has 0 aliphatic carbocycles. The Morgan fingerprint density at radius 3 is 1.30 bits per heavy atom. The highest BCUT2D eigenvalue weighted by Crippen LogP contribution is 1.94. The van der Waals surface area contributed by atoms with E-state index in [1.165, 1.54) is 43.5 Å². The Labute approximate surface area is 184 Å². The van der Waals surface area contributed by atoms with Crippen molar-refractivity contribution in [2.24, 2.45) is 0 Å². The predicted molar refractivity (Wildman–Crippen MR) is 124 cm³/mol. The van der Waals surface area contributed by atoms with E-state index in [0.29, 0.717) is 0 Å². The van der Waals surface area contributed by atoms with Gasteiger partial charge < -0.3 is 33.2 Å². The summed E-state index contributed by atoms with van der Waals surface area (Å²) in [6.45, 7) is 8.86. The van der Waals surface area contributed by atoms with Crippen molar-refractivity contribution in [3.05, 3.63) is 71.8 Å². The fourth-order valence-corrected chi connectivity index (χ4v) is 2.74. The van der Waals surface area contributed by atoms with E-state index in [2.05, 4.69) is 93.8 Å². The molecule has 0 aromatic heterocycles. The number of nitrogens with two attached hydrogens (primary N) is 3. The van der Waals surface area contributed by atoms with Crippen LogP contribution in [0, 0.1) is 0 Å². The molecule has 2 aromatic rings. The number of likely N-dealkylation sites (N-methyl/N-ethyl adjacent to an activating group) is 1. The van der Waals surface area contributed by atoms with Gasteiger partial charge in [0.15, 0.2) is 0 Å². The summed E-state index contributed by atoms with van der Waals surface area (Å²) in [7, 11) is 2.05. The summed E-state index contributed by atoms with van der Waals surface area (Å²) in [4.78, 5) is 0. The normalized spacial score (nSPS) is 9.87. The third kappa shape index (κ3) is 19.5. The second-order valence-corrected chi connectivity index (χ2v) is 7.35. The molecule has 6 nitrogen and oxygen atoms in total. The first-order valence-electron chi connectivity index (χ1n) is 11.6. The molecule has 0 saturated carbocycles. The van der Waals surface area contributed by atoms with Gasteiger partial charge in [0.25, 0.3) is 0 Å². The van der Waals surface area contributed by atoms with Crippen LogP contribution in [0.3, 0.4) is 0 Å². The molecule has 0 atom stereocenters. The monoisotopic (exact) mass is 422 g/mol. The van der Waals surface area contributed by atoms with E-state index in [1.807, 2.05) is 7.05 Å². The van der Waals surface area contributed by atoms with Crippen LogP contribution in [0.5, 0.6) is 0 Å². The summed E-state index contributed by atoms with van der Waals surface area (Å²) in [5, 5.41) is 6.86. The molecule has 30 heavy (non-hydrogen) atoms. The van der Waals surface area contributed by atoms with Gasteiger partial charge in [-0.1, -0.05) is 60.7 Å². The lowest BCUT2D eigenvalue weighted by Crippen LogP contribution is -2.93. The van der Waals surface area contributed by atoms with Crippen LogP contribution in [0.1, 0.15) is 30.4 Å². The molecular weight excluding hydrogens is 372 g/mol. The molecule has 15 N–H and O–H groups in total. The number of hydrogen-bond acceptors (Lipinski definition) is 0. The van der Waals surface area contributed by atoms with E-state index < -0.39 is 0 Å². The first kappa shape index (κ1) is 28.2. The highest BCUT2D eigenvalue weighted by molar-refractivity contribution is 5.13. The van der Waals surface area contributed by atoms with Gasteiger partial charge in [0.1, 0.15) is 39.3 Å². The minimum absolute atomic E-state index is 1.04. The molecule has 0 aliphatic rings. The van der Waals surface area contributed by atoms with E-state index >= 15 is 0 Å². The zero-order chi connectivity index (χ0) is 22.1. The predicted octanol–water partition coefficient (Wildman–Crippen LogP) is -3.42. The average molecular weight is 423 g/mol. The third-order valence-electron chi connectivity index (χ3n) is 4.51. The van der Waals surface area contributed by atoms with Gasteiger partial charge in [-0.05, 0) is 19.3 Å². The molecule has 2 rings (SSSR count). The van der Waals surface area contributed by atoms with Crippen molar-refractivity contribution in [2.45, 2.75) is 32.4 Å².